The SMILES string of the molecule is CC(=O)C1=C(C)N(c2cccc(C(F)(F)F)c2)C(=O)C(C(=O)N2CCC(Cc3ccccc3)CC2)C1c1ccc(C#N)cc1. The molecular weight excluding hydrogens is 567 g/mol. The summed E-state index contributed by atoms with van der Waals surface area (Å²) < 4.78 is 40.9. The fraction of sp³-hybridized carbons (Fsp3) is 0.314. The number of hydrogen-bond acceptors (Lipinski definition) is 4. The minimum atomic E-state index is -4.65. The van der Waals surface area contributed by atoms with Gasteiger partial charge in [-0.2, -0.15) is 18.4 Å². The largest absolute Gasteiger partial charge is 0.416 e. The number of allylic oxidation sites excluding steroid dienone is 2. The van der Waals surface area contributed by atoms with E-state index in [9.17, 15) is 32.8 Å². The molecule has 5 rings (SSSR count). The molecule has 6 nitrogen and oxygen atoms in total. The van der Waals surface area contributed by atoms with Gasteiger partial charge >= 0.3 is 6.18 Å². The highest BCUT2D eigenvalue weighted by Crippen LogP contribution is 2.44. The molecule has 2 aliphatic rings. The molecule has 9 heteroatoms. The van der Waals surface area contributed by atoms with Gasteiger partial charge in [-0.1, -0.05) is 48.5 Å². The average Bonchev–Trinajstić information content (AvgIpc) is 3.01. The predicted octanol–water partition coefficient (Wildman–Crippen LogP) is 6.67. The van der Waals surface area contributed by atoms with Gasteiger partial charge in [-0.25, -0.2) is 0 Å². The van der Waals surface area contributed by atoms with Crippen LogP contribution < -0.4 is 4.90 Å². The van der Waals surface area contributed by atoms with Gasteiger partial charge in [0.1, 0.15) is 5.92 Å². The Kier molecular flexibility index (Phi) is 8.73. The molecule has 3 aromatic carbocycles. The highest BCUT2D eigenvalue weighted by atomic mass is 19.4. The van der Waals surface area contributed by atoms with Crippen molar-refractivity contribution < 1.29 is 27.6 Å². The first-order chi connectivity index (χ1) is 21.0. The molecule has 1 saturated heterocycles. The fourth-order valence-electron chi connectivity index (χ4n) is 6.45. The zero-order chi connectivity index (χ0) is 31.6. The number of hydrogen-bond donors (Lipinski definition) is 0. The lowest BCUT2D eigenvalue weighted by Crippen LogP contribution is -2.53. The van der Waals surface area contributed by atoms with Crippen molar-refractivity contribution in [1.29, 1.82) is 5.26 Å². The van der Waals surface area contributed by atoms with Gasteiger partial charge in [-0.3, -0.25) is 19.3 Å². The molecule has 44 heavy (non-hydrogen) atoms. The second-order valence-corrected chi connectivity index (χ2v) is 11.4. The van der Waals surface area contributed by atoms with Crippen LogP contribution in [0.25, 0.3) is 0 Å². The van der Waals surface area contributed by atoms with E-state index in [4.69, 9.17) is 0 Å². The van der Waals surface area contributed by atoms with Crippen molar-refractivity contribution >= 4 is 23.3 Å². The van der Waals surface area contributed by atoms with Crippen molar-refractivity contribution in [3.8, 4) is 6.07 Å². The van der Waals surface area contributed by atoms with Crippen LogP contribution in [-0.2, 0) is 27.0 Å². The van der Waals surface area contributed by atoms with Gasteiger partial charge < -0.3 is 4.90 Å². The van der Waals surface area contributed by atoms with Gasteiger partial charge in [0.05, 0.1) is 17.2 Å². The number of ketones is 1. The molecule has 0 spiro atoms. The number of anilines is 1. The highest BCUT2D eigenvalue weighted by Gasteiger charge is 2.49. The number of carbonyl (C=O) groups is 3. The number of nitrogens with zero attached hydrogens (tertiary/aromatic N) is 3. The van der Waals surface area contributed by atoms with Gasteiger partial charge in [-0.05, 0) is 80.5 Å². The summed E-state index contributed by atoms with van der Waals surface area (Å²) in [5.74, 6) is -3.56. The van der Waals surface area contributed by atoms with Gasteiger partial charge in [0.15, 0.2) is 5.78 Å². The summed E-state index contributed by atoms with van der Waals surface area (Å²) in [6, 6.07) is 22.8. The Morgan fingerprint density at radius 1 is 0.955 bits per heavy atom. The lowest BCUT2D eigenvalue weighted by Gasteiger charge is -2.42. The molecule has 2 heterocycles. The molecule has 0 aromatic heterocycles. The third kappa shape index (κ3) is 6.16. The number of amides is 2. The molecule has 2 atom stereocenters. The van der Waals surface area contributed by atoms with Crippen LogP contribution in [0.1, 0.15) is 54.9 Å². The van der Waals surface area contributed by atoms with E-state index in [1.165, 1.54) is 31.5 Å². The summed E-state index contributed by atoms with van der Waals surface area (Å²) >= 11 is 0. The van der Waals surface area contributed by atoms with E-state index >= 15 is 0 Å². The first-order valence-electron chi connectivity index (χ1n) is 14.5. The fourth-order valence-corrected chi connectivity index (χ4v) is 6.45. The quantitative estimate of drug-likeness (QED) is 0.297. The van der Waals surface area contributed by atoms with Crippen LogP contribution in [0.2, 0.25) is 0 Å². The summed E-state index contributed by atoms with van der Waals surface area (Å²) in [5.41, 5.74) is 1.41. The molecule has 1 fully saturated rings. The Morgan fingerprint density at radius 2 is 1.61 bits per heavy atom. The Hall–Kier alpha value is -4.71. The van der Waals surface area contributed by atoms with Gasteiger partial charge in [0.25, 0.3) is 0 Å². The molecular formula is C35H32F3N3O3. The number of likely N-dealkylation sites (tertiary alicyclic amines) is 1. The van der Waals surface area contributed by atoms with E-state index in [2.05, 4.69) is 12.1 Å². The van der Waals surface area contributed by atoms with E-state index in [0.29, 0.717) is 30.1 Å². The zero-order valence-corrected chi connectivity index (χ0v) is 24.5. The van der Waals surface area contributed by atoms with E-state index in [-0.39, 0.29) is 17.0 Å². The molecule has 2 aliphatic heterocycles. The van der Waals surface area contributed by atoms with Crippen LogP contribution in [0.15, 0.2) is 90.1 Å². The molecule has 0 bridgehead atoms. The maximum Gasteiger partial charge on any atom is 0.416 e. The third-order valence-electron chi connectivity index (χ3n) is 8.63. The molecule has 0 aliphatic carbocycles. The number of piperidine rings is 1. The molecule has 0 radical (unpaired) electrons. The van der Waals surface area contributed by atoms with Crippen LogP contribution in [0.5, 0.6) is 0 Å². The Morgan fingerprint density at radius 3 is 2.20 bits per heavy atom. The minimum absolute atomic E-state index is 0.0706. The van der Waals surface area contributed by atoms with Crippen LogP contribution >= 0.6 is 0 Å². The number of halogens is 3. The molecule has 226 valence electrons. The van der Waals surface area contributed by atoms with Crippen molar-refractivity contribution in [2.24, 2.45) is 11.8 Å². The van der Waals surface area contributed by atoms with E-state index < -0.39 is 41.2 Å². The van der Waals surface area contributed by atoms with Crippen LogP contribution in [0.4, 0.5) is 18.9 Å². The summed E-state index contributed by atoms with van der Waals surface area (Å²) in [7, 11) is 0. The smallest absolute Gasteiger partial charge is 0.342 e. The number of nitriles is 1. The summed E-state index contributed by atoms with van der Waals surface area (Å²) in [4.78, 5) is 44.6. The predicted molar refractivity (Wildman–Crippen MR) is 159 cm³/mol. The maximum atomic E-state index is 14.4. The van der Waals surface area contributed by atoms with Gasteiger partial charge in [0, 0.05) is 36.0 Å². The van der Waals surface area contributed by atoms with Gasteiger partial charge in [-0.15, -0.1) is 0 Å². The molecule has 2 unspecified atom stereocenters. The third-order valence-corrected chi connectivity index (χ3v) is 8.63. The first kappa shape index (κ1) is 30.7. The lowest BCUT2D eigenvalue weighted by molar-refractivity contribution is -0.143. The molecule has 0 saturated carbocycles. The van der Waals surface area contributed by atoms with E-state index in [0.717, 1.165) is 36.3 Å². The monoisotopic (exact) mass is 599 g/mol. The van der Waals surface area contributed by atoms with E-state index in [1.807, 2.05) is 24.3 Å². The average molecular weight is 600 g/mol. The van der Waals surface area contributed by atoms with Crippen LogP contribution in [0, 0.1) is 23.2 Å². The second-order valence-electron chi connectivity index (χ2n) is 11.4. The number of carbonyl (C=O) groups excluding carboxylic acids is 3. The lowest BCUT2D eigenvalue weighted by atomic mass is 9.73. The standard InChI is InChI=1S/C35H32F3N3O3/c1-22-30(23(2)42)31(27-13-11-26(21-39)12-14-27)32(34(44)41(22)29-10-6-9-28(20-29)35(36,37)38)33(43)40-17-15-25(16-18-40)19-24-7-4-3-5-8-24/h3-14,20,25,31-32H,15-19H2,1-2H3. The number of rotatable bonds is 6. The van der Waals surface area contributed by atoms with Crippen LogP contribution in [-0.4, -0.2) is 35.6 Å². The van der Waals surface area contributed by atoms with Crippen molar-refractivity contribution in [3.63, 3.8) is 0 Å². The second kappa shape index (κ2) is 12.5. The number of benzene rings is 3. The number of Topliss-reactive ketones (excluding diaryl/α,β-unsaturated/α-hetero) is 1. The van der Waals surface area contributed by atoms with Crippen molar-refractivity contribution in [1.82, 2.24) is 4.90 Å². The molecule has 3 aromatic rings. The summed E-state index contributed by atoms with van der Waals surface area (Å²) in [6.45, 7) is 3.68. The molecule has 0 N–H and O–H groups in total. The van der Waals surface area contributed by atoms with Crippen molar-refractivity contribution in [3.05, 3.63) is 112 Å². The summed E-state index contributed by atoms with van der Waals surface area (Å²) in [5, 5.41) is 9.31. The van der Waals surface area contributed by atoms with E-state index in [1.54, 1.807) is 29.2 Å². The maximum absolute atomic E-state index is 14.4. The number of alkyl halides is 3. The zero-order valence-electron chi connectivity index (χ0n) is 24.5. The highest BCUT2D eigenvalue weighted by molar-refractivity contribution is 6.15. The normalized spacial score (nSPS) is 19.6. The Labute approximate surface area is 254 Å². The van der Waals surface area contributed by atoms with Crippen molar-refractivity contribution in [2.75, 3.05) is 18.0 Å². The first-order valence-corrected chi connectivity index (χ1v) is 14.5. The van der Waals surface area contributed by atoms with Crippen LogP contribution in [0.3, 0.4) is 0 Å². The summed E-state index contributed by atoms with van der Waals surface area (Å²) in [6.07, 6.45) is -2.32. The molecule has 2 amide bonds. The minimum Gasteiger partial charge on any atom is -0.342 e. The Bertz CT molecular complexity index is 1630. The van der Waals surface area contributed by atoms with Gasteiger partial charge in [0.2, 0.25) is 11.8 Å². The van der Waals surface area contributed by atoms with Crippen molar-refractivity contribution in [2.45, 2.75) is 45.2 Å². The topological polar surface area (TPSA) is 81.5 Å². The Balaban J connectivity index is 1.54.